The Morgan fingerprint density at radius 3 is 2.67 bits per heavy atom. The number of nitrogens with one attached hydrogen (secondary N) is 1. The number of hydrogen-bond acceptors (Lipinski definition) is 4. The van der Waals surface area contributed by atoms with Crippen LogP contribution in [0.1, 0.15) is 19.5 Å². The second-order valence-electron chi connectivity index (χ2n) is 5.42. The maximum atomic E-state index is 12.8. The number of amides is 1. The third-order valence-corrected chi connectivity index (χ3v) is 2.86. The lowest BCUT2D eigenvalue weighted by molar-refractivity contribution is -0.122. The summed E-state index contributed by atoms with van der Waals surface area (Å²) in [6, 6.07) is 5.74. The van der Waals surface area contributed by atoms with Gasteiger partial charge < -0.3 is 14.8 Å². The summed E-state index contributed by atoms with van der Waals surface area (Å²) >= 11 is 0. The number of rotatable bonds is 5. The lowest BCUT2D eigenvalue weighted by atomic mass is 10.1. The van der Waals surface area contributed by atoms with Crippen molar-refractivity contribution in [2.45, 2.75) is 25.8 Å². The van der Waals surface area contributed by atoms with Crippen molar-refractivity contribution >= 4 is 5.91 Å². The van der Waals surface area contributed by atoms with Gasteiger partial charge in [-0.3, -0.25) is 4.79 Å². The summed E-state index contributed by atoms with van der Waals surface area (Å²) in [5, 5.41) is 11.8. The molecule has 2 rings (SSSR count). The first-order valence-corrected chi connectivity index (χ1v) is 6.52. The Bertz CT molecular complexity index is 620. The summed E-state index contributed by atoms with van der Waals surface area (Å²) in [6.07, 6.45) is 1.44. The molecule has 0 radical (unpaired) electrons. The summed E-state index contributed by atoms with van der Waals surface area (Å²) in [4.78, 5) is 16.0. The Hall–Kier alpha value is -2.21. The van der Waals surface area contributed by atoms with Gasteiger partial charge in [0, 0.05) is 5.56 Å². The lowest BCUT2D eigenvalue weighted by Gasteiger charge is -2.23. The molecule has 2 N–H and O–H groups in total. The van der Waals surface area contributed by atoms with Crippen LogP contribution in [0, 0.1) is 5.82 Å². The normalized spacial score (nSPS) is 11.4. The SMILES string of the molecule is CC(C)(CO)NC(=O)Cc1coc(-c2ccc(F)cc2)n1. The Morgan fingerprint density at radius 2 is 2.05 bits per heavy atom. The zero-order valence-electron chi connectivity index (χ0n) is 11.9. The van der Waals surface area contributed by atoms with Crippen molar-refractivity contribution in [3.8, 4) is 11.5 Å². The van der Waals surface area contributed by atoms with Crippen LogP contribution in [0.5, 0.6) is 0 Å². The number of halogens is 1. The highest BCUT2D eigenvalue weighted by Gasteiger charge is 2.20. The van der Waals surface area contributed by atoms with Gasteiger partial charge in [-0.1, -0.05) is 0 Å². The topological polar surface area (TPSA) is 75.4 Å². The lowest BCUT2D eigenvalue weighted by Crippen LogP contribution is -2.46. The molecule has 112 valence electrons. The molecule has 0 spiro atoms. The van der Waals surface area contributed by atoms with Gasteiger partial charge in [0.15, 0.2) is 0 Å². The number of aliphatic hydroxyl groups is 1. The summed E-state index contributed by atoms with van der Waals surface area (Å²) in [7, 11) is 0. The zero-order chi connectivity index (χ0) is 15.5. The van der Waals surface area contributed by atoms with Crippen molar-refractivity contribution in [1.82, 2.24) is 10.3 Å². The van der Waals surface area contributed by atoms with E-state index in [1.807, 2.05) is 0 Å². The molecule has 0 aliphatic rings. The summed E-state index contributed by atoms with van der Waals surface area (Å²) in [5.41, 5.74) is 0.431. The van der Waals surface area contributed by atoms with Crippen molar-refractivity contribution in [3.05, 3.63) is 42.0 Å². The molecule has 1 amide bonds. The highest BCUT2D eigenvalue weighted by Crippen LogP contribution is 2.19. The largest absolute Gasteiger partial charge is 0.444 e. The maximum Gasteiger partial charge on any atom is 0.226 e. The molecule has 0 unspecified atom stereocenters. The second kappa shape index (κ2) is 6.05. The molecule has 0 saturated carbocycles. The Morgan fingerprint density at radius 1 is 1.38 bits per heavy atom. The molecule has 1 aromatic carbocycles. The van der Waals surface area contributed by atoms with Crippen LogP contribution < -0.4 is 5.32 Å². The first-order valence-electron chi connectivity index (χ1n) is 6.52. The minimum atomic E-state index is -0.680. The van der Waals surface area contributed by atoms with Crippen LogP contribution in [0.25, 0.3) is 11.5 Å². The molecule has 1 heterocycles. The number of nitrogens with zero attached hydrogens (tertiary/aromatic N) is 1. The molecule has 2 aromatic rings. The van der Waals surface area contributed by atoms with E-state index in [2.05, 4.69) is 10.3 Å². The number of oxazole rings is 1. The van der Waals surface area contributed by atoms with Crippen LogP contribution in [0.4, 0.5) is 4.39 Å². The molecule has 0 atom stereocenters. The van der Waals surface area contributed by atoms with Crippen molar-refractivity contribution in [1.29, 1.82) is 0 Å². The van der Waals surface area contributed by atoms with Gasteiger partial charge in [-0.25, -0.2) is 9.37 Å². The Labute approximate surface area is 121 Å². The minimum Gasteiger partial charge on any atom is -0.444 e. The van der Waals surface area contributed by atoms with Crippen LogP contribution in [-0.2, 0) is 11.2 Å². The van der Waals surface area contributed by atoms with Crippen molar-refractivity contribution in [2.24, 2.45) is 0 Å². The molecule has 0 aliphatic carbocycles. The first-order chi connectivity index (χ1) is 9.89. The fourth-order valence-corrected chi connectivity index (χ4v) is 1.74. The fourth-order valence-electron chi connectivity index (χ4n) is 1.74. The van der Waals surface area contributed by atoms with E-state index in [0.717, 1.165) is 0 Å². The monoisotopic (exact) mass is 292 g/mol. The van der Waals surface area contributed by atoms with Crippen LogP contribution in [0.2, 0.25) is 0 Å². The molecule has 1 aromatic heterocycles. The van der Waals surface area contributed by atoms with E-state index in [9.17, 15) is 9.18 Å². The van der Waals surface area contributed by atoms with Gasteiger partial charge >= 0.3 is 0 Å². The molecular formula is C15H17FN2O3. The van der Waals surface area contributed by atoms with E-state index in [1.165, 1.54) is 18.4 Å². The summed E-state index contributed by atoms with van der Waals surface area (Å²) in [6.45, 7) is 3.29. The van der Waals surface area contributed by atoms with Crippen LogP contribution in [0.15, 0.2) is 34.9 Å². The van der Waals surface area contributed by atoms with Gasteiger partial charge in [0.05, 0.1) is 24.3 Å². The number of aromatic nitrogens is 1. The third kappa shape index (κ3) is 4.13. The van der Waals surface area contributed by atoms with E-state index in [4.69, 9.17) is 9.52 Å². The van der Waals surface area contributed by atoms with Crippen molar-refractivity contribution < 1.29 is 18.7 Å². The summed E-state index contributed by atoms with van der Waals surface area (Å²) < 4.78 is 18.1. The Kier molecular flexibility index (Phi) is 4.37. The quantitative estimate of drug-likeness (QED) is 0.882. The number of aliphatic hydroxyl groups excluding tert-OH is 1. The maximum absolute atomic E-state index is 12.8. The van der Waals surface area contributed by atoms with Crippen LogP contribution in [-0.4, -0.2) is 28.1 Å². The average molecular weight is 292 g/mol. The first kappa shape index (κ1) is 15.2. The third-order valence-electron chi connectivity index (χ3n) is 2.86. The highest BCUT2D eigenvalue weighted by molar-refractivity contribution is 5.78. The predicted molar refractivity (Wildman–Crippen MR) is 74.9 cm³/mol. The van der Waals surface area contributed by atoms with Gasteiger partial charge in [-0.2, -0.15) is 0 Å². The molecule has 0 aliphatic heterocycles. The van der Waals surface area contributed by atoms with E-state index < -0.39 is 5.54 Å². The van der Waals surface area contributed by atoms with E-state index >= 15 is 0 Å². The number of hydrogen-bond donors (Lipinski definition) is 2. The molecule has 0 fully saturated rings. The minimum absolute atomic E-state index is 0.0497. The van der Waals surface area contributed by atoms with Crippen molar-refractivity contribution in [2.75, 3.05) is 6.61 Å². The second-order valence-corrected chi connectivity index (χ2v) is 5.42. The van der Waals surface area contributed by atoms with Gasteiger partial charge in [-0.05, 0) is 38.1 Å². The fraction of sp³-hybridized carbons (Fsp3) is 0.333. The average Bonchev–Trinajstić information content (AvgIpc) is 2.87. The summed E-state index contributed by atoms with van der Waals surface area (Å²) in [5.74, 6) is -0.261. The van der Waals surface area contributed by atoms with Gasteiger partial charge in [-0.15, -0.1) is 0 Å². The molecule has 0 saturated heterocycles. The molecule has 6 heteroatoms. The van der Waals surface area contributed by atoms with E-state index in [-0.39, 0.29) is 24.8 Å². The van der Waals surface area contributed by atoms with E-state index in [1.54, 1.807) is 26.0 Å². The number of carbonyl (C=O) groups excluding carboxylic acids is 1. The molecular weight excluding hydrogens is 275 g/mol. The van der Waals surface area contributed by atoms with Crippen molar-refractivity contribution in [3.63, 3.8) is 0 Å². The zero-order valence-corrected chi connectivity index (χ0v) is 11.9. The molecule has 0 bridgehead atoms. The molecule has 5 nitrogen and oxygen atoms in total. The van der Waals surface area contributed by atoms with E-state index in [0.29, 0.717) is 17.1 Å². The Balaban J connectivity index is 2.03. The van der Waals surface area contributed by atoms with Crippen LogP contribution >= 0.6 is 0 Å². The highest BCUT2D eigenvalue weighted by atomic mass is 19.1. The van der Waals surface area contributed by atoms with Crippen LogP contribution in [0.3, 0.4) is 0 Å². The smallest absolute Gasteiger partial charge is 0.226 e. The molecule has 21 heavy (non-hydrogen) atoms. The van der Waals surface area contributed by atoms with Gasteiger partial charge in [0.1, 0.15) is 12.1 Å². The van der Waals surface area contributed by atoms with Gasteiger partial charge in [0.25, 0.3) is 0 Å². The standard InChI is InChI=1S/C15H17FN2O3/c1-15(2,9-19)18-13(20)7-12-8-21-14(17-12)10-3-5-11(16)6-4-10/h3-6,8,19H,7,9H2,1-2H3,(H,18,20). The van der Waals surface area contributed by atoms with Gasteiger partial charge in [0.2, 0.25) is 11.8 Å². The number of carbonyl (C=O) groups is 1. The predicted octanol–water partition coefficient (Wildman–Crippen LogP) is 1.91. The number of benzene rings is 1.